The Bertz CT molecular complexity index is 347. The summed E-state index contributed by atoms with van der Waals surface area (Å²) < 4.78 is 5.18. The van der Waals surface area contributed by atoms with Crippen molar-refractivity contribution in [3.63, 3.8) is 0 Å². The van der Waals surface area contributed by atoms with E-state index in [1.807, 2.05) is 6.07 Å². The van der Waals surface area contributed by atoms with Crippen molar-refractivity contribution in [3.8, 4) is 0 Å². The Morgan fingerprint density at radius 3 is 2.69 bits per heavy atom. The van der Waals surface area contributed by atoms with Crippen LogP contribution in [-0.2, 0) is 4.74 Å². The number of esters is 1. The van der Waals surface area contributed by atoms with E-state index in [9.17, 15) is 9.90 Å². The second kappa shape index (κ2) is 5.12. The number of rotatable bonds is 3. The molecule has 0 radical (unpaired) electrons. The highest BCUT2D eigenvalue weighted by molar-refractivity contribution is 5.89. The average molecular weight is 220 g/mol. The van der Waals surface area contributed by atoms with Gasteiger partial charge in [-0.3, -0.25) is 0 Å². The SMILES string of the molecule is O=C(OC[C@H]1CCC[C@@H]1O)c1ccccc1. The molecule has 1 N–H and O–H groups in total. The van der Waals surface area contributed by atoms with Gasteiger partial charge in [0.1, 0.15) is 0 Å². The Labute approximate surface area is 95.0 Å². The molecule has 2 atom stereocenters. The van der Waals surface area contributed by atoms with Gasteiger partial charge in [-0.1, -0.05) is 24.6 Å². The zero-order valence-corrected chi connectivity index (χ0v) is 9.13. The number of ether oxygens (including phenoxy) is 1. The molecule has 0 bridgehead atoms. The first-order valence-electron chi connectivity index (χ1n) is 5.67. The molecule has 0 spiro atoms. The van der Waals surface area contributed by atoms with Crippen molar-refractivity contribution < 1.29 is 14.6 Å². The van der Waals surface area contributed by atoms with Gasteiger partial charge in [0.25, 0.3) is 0 Å². The Morgan fingerprint density at radius 2 is 2.06 bits per heavy atom. The van der Waals surface area contributed by atoms with Crippen LogP contribution < -0.4 is 0 Å². The number of benzene rings is 1. The minimum Gasteiger partial charge on any atom is -0.462 e. The molecule has 1 aromatic rings. The molecule has 1 aliphatic carbocycles. The lowest BCUT2D eigenvalue weighted by atomic mass is 10.1. The van der Waals surface area contributed by atoms with E-state index in [0.717, 1.165) is 19.3 Å². The summed E-state index contributed by atoms with van der Waals surface area (Å²) in [5.74, 6) is -0.188. The Hall–Kier alpha value is -1.35. The van der Waals surface area contributed by atoms with Crippen LogP contribution in [0.4, 0.5) is 0 Å². The first-order chi connectivity index (χ1) is 7.77. The molecule has 1 aliphatic rings. The lowest BCUT2D eigenvalue weighted by molar-refractivity contribution is 0.0303. The number of hydrogen-bond acceptors (Lipinski definition) is 3. The molecule has 0 amide bonds. The summed E-state index contributed by atoms with van der Waals surface area (Å²) in [7, 11) is 0. The Morgan fingerprint density at radius 1 is 1.31 bits per heavy atom. The van der Waals surface area contributed by atoms with Gasteiger partial charge < -0.3 is 9.84 Å². The third kappa shape index (κ3) is 2.61. The summed E-state index contributed by atoms with van der Waals surface area (Å²) >= 11 is 0. The largest absolute Gasteiger partial charge is 0.462 e. The van der Waals surface area contributed by atoms with Crippen molar-refractivity contribution in [2.75, 3.05) is 6.61 Å². The van der Waals surface area contributed by atoms with Gasteiger partial charge in [0.05, 0.1) is 18.3 Å². The molecule has 3 nitrogen and oxygen atoms in total. The van der Waals surface area contributed by atoms with Crippen molar-refractivity contribution in [3.05, 3.63) is 35.9 Å². The number of carbonyl (C=O) groups excluding carboxylic acids is 1. The van der Waals surface area contributed by atoms with Gasteiger partial charge in [0.15, 0.2) is 0 Å². The third-order valence-corrected chi connectivity index (χ3v) is 3.06. The summed E-state index contributed by atoms with van der Waals surface area (Å²) in [6.07, 6.45) is 2.49. The van der Waals surface area contributed by atoms with Crippen molar-refractivity contribution in [1.29, 1.82) is 0 Å². The van der Waals surface area contributed by atoms with Crippen LogP contribution in [0.5, 0.6) is 0 Å². The molecule has 0 aliphatic heterocycles. The van der Waals surface area contributed by atoms with E-state index < -0.39 is 0 Å². The predicted octanol–water partition coefficient (Wildman–Crippen LogP) is 2.00. The zero-order valence-electron chi connectivity index (χ0n) is 9.13. The van der Waals surface area contributed by atoms with Crippen molar-refractivity contribution in [1.82, 2.24) is 0 Å². The van der Waals surface area contributed by atoms with Crippen molar-refractivity contribution >= 4 is 5.97 Å². The number of hydrogen-bond donors (Lipinski definition) is 1. The van der Waals surface area contributed by atoms with Crippen LogP contribution in [0.2, 0.25) is 0 Å². The number of carbonyl (C=O) groups is 1. The molecule has 0 heterocycles. The van der Waals surface area contributed by atoms with Gasteiger partial charge in [0.2, 0.25) is 0 Å². The summed E-state index contributed by atoms with van der Waals surface area (Å²) in [4.78, 5) is 11.6. The maximum absolute atomic E-state index is 11.6. The maximum Gasteiger partial charge on any atom is 0.338 e. The summed E-state index contributed by atoms with van der Waals surface area (Å²) in [6.45, 7) is 0.328. The fraction of sp³-hybridized carbons (Fsp3) is 0.462. The smallest absolute Gasteiger partial charge is 0.338 e. The molecule has 86 valence electrons. The van der Waals surface area contributed by atoms with Crippen LogP contribution in [0.15, 0.2) is 30.3 Å². The van der Waals surface area contributed by atoms with Gasteiger partial charge in [0, 0.05) is 5.92 Å². The first kappa shape index (κ1) is 11.1. The topological polar surface area (TPSA) is 46.5 Å². The number of aliphatic hydroxyl groups excluding tert-OH is 1. The molecular formula is C13H16O3. The van der Waals surface area contributed by atoms with E-state index in [-0.39, 0.29) is 18.0 Å². The van der Waals surface area contributed by atoms with Crippen LogP contribution in [0, 0.1) is 5.92 Å². The second-order valence-electron chi connectivity index (χ2n) is 4.22. The minimum absolute atomic E-state index is 0.118. The molecule has 0 unspecified atom stereocenters. The van der Waals surface area contributed by atoms with Crippen molar-refractivity contribution in [2.24, 2.45) is 5.92 Å². The molecule has 16 heavy (non-hydrogen) atoms. The van der Waals surface area contributed by atoms with E-state index in [2.05, 4.69) is 0 Å². The molecule has 1 aromatic carbocycles. The summed E-state index contributed by atoms with van der Waals surface area (Å²) in [6, 6.07) is 8.93. The van der Waals surface area contributed by atoms with Crippen LogP contribution in [0.1, 0.15) is 29.6 Å². The fourth-order valence-electron chi connectivity index (χ4n) is 2.05. The maximum atomic E-state index is 11.6. The molecule has 0 saturated heterocycles. The zero-order chi connectivity index (χ0) is 11.4. The normalized spacial score (nSPS) is 24.3. The molecule has 0 aromatic heterocycles. The van der Waals surface area contributed by atoms with E-state index >= 15 is 0 Å². The van der Waals surface area contributed by atoms with Crippen molar-refractivity contribution in [2.45, 2.75) is 25.4 Å². The summed E-state index contributed by atoms with van der Waals surface area (Å²) in [5, 5.41) is 9.58. The monoisotopic (exact) mass is 220 g/mol. The highest BCUT2D eigenvalue weighted by atomic mass is 16.5. The third-order valence-electron chi connectivity index (χ3n) is 3.06. The summed E-state index contributed by atoms with van der Waals surface area (Å²) in [5.41, 5.74) is 0.565. The van der Waals surface area contributed by atoms with E-state index in [4.69, 9.17) is 4.74 Å². The highest BCUT2D eigenvalue weighted by Gasteiger charge is 2.26. The molecule has 1 fully saturated rings. The molecule has 1 saturated carbocycles. The van der Waals surface area contributed by atoms with Gasteiger partial charge in [-0.05, 0) is 25.0 Å². The first-order valence-corrected chi connectivity index (χ1v) is 5.67. The van der Waals surface area contributed by atoms with Gasteiger partial charge in [-0.15, -0.1) is 0 Å². The Balaban J connectivity index is 1.84. The molecule has 3 heteroatoms. The highest BCUT2D eigenvalue weighted by Crippen LogP contribution is 2.25. The van der Waals surface area contributed by atoms with Gasteiger partial charge in [-0.2, -0.15) is 0 Å². The molecular weight excluding hydrogens is 204 g/mol. The second-order valence-corrected chi connectivity index (χ2v) is 4.22. The van der Waals surface area contributed by atoms with E-state index in [0.29, 0.717) is 12.2 Å². The van der Waals surface area contributed by atoms with Crippen LogP contribution in [0.3, 0.4) is 0 Å². The lowest BCUT2D eigenvalue weighted by Gasteiger charge is -2.14. The Kier molecular flexibility index (Phi) is 3.57. The van der Waals surface area contributed by atoms with E-state index in [1.54, 1.807) is 24.3 Å². The fourth-order valence-corrected chi connectivity index (χ4v) is 2.05. The van der Waals surface area contributed by atoms with Gasteiger partial charge >= 0.3 is 5.97 Å². The minimum atomic E-state index is -0.306. The van der Waals surface area contributed by atoms with Crippen LogP contribution in [-0.4, -0.2) is 23.8 Å². The standard InChI is InChI=1S/C13H16O3/c14-12-8-4-7-11(12)9-16-13(15)10-5-2-1-3-6-10/h1-3,5-6,11-12,14H,4,7-9H2/t11-,12+/m1/s1. The van der Waals surface area contributed by atoms with Crippen LogP contribution >= 0.6 is 0 Å². The van der Waals surface area contributed by atoms with Gasteiger partial charge in [-0.25, -0.2) is 4.79 Å². The van der Waals surface area contributed by atoms with E-state index in [1.165, 1.54) is 0 Å². The number of aliphatic hydroxyl groups is 1. The lowest BCUT2D eigenvalue weighted by Crippen LogP contribution is -2.21. The van der Waals surface area contributed by atoms with Crippen LogP contribution in [0.25, 0.3) is 0 Å². The average Bonchev–Trinajstić information content (AvgIpc) is 2.73. The quantitative estimate of drug-likeness (QED) is 0.792. The predicted molar refractivity (Wildman–Crippen MR) is 60.1 cm³/mol. The molecule has 2 rings (SSSR count).